The van der Waals surface area contributed by atoms with Gasteiger partial charge in [-0.1, -0.05) is 18.1 Å². The molecule has 0 saturated heterocycles. The zero-order chi connectivity index (χ0) is 16.8. The Hall–Kier alpha value is -2.67. The van der Waals surface area contributed by atoms with Gasteiger partial charge in [-0.2, -0.15) is 0 Å². The molecule has 4 heteroatoms. The van der Waals surface area contributed by atoms with E-state index in [1.807, 2.05) is 0 Å². The first kappa shape index (κ1) is 15.2. The average Bonchev–Trinajstić information content (AvgIpc) is 2.90. The zero-order valence-corrected chi connectivity index (χ0v) is 12.8. The molecule has 2 aromatic carbocycles. The van der Waals surface area contributed by atoms with Crippen LogP contribution in [0.25, 0.3) is 0 Å². The number of nitrogens with one attached hydrogen (secondary N) is 1. The lowest BCUT2D eigenvalue weighted by Gasteiger charge is -2.24. The van der Waals surface area contributed by atoms with Crippen molar-refractivity contribution in [2.45, 2.75) is 19.3 Å². The van der Waals surface area contributed by atoms with E-state index in [0.717, 1.165) is 11.8 Å². The number of ketones is 1. The summed E-state index contributed by atoms with van der Waals surface area (Å²) in [6.07, 6.45) is 5.53. The quantitative estimate of drug-likeness (QED) is 0.675. The highest BCUT2D eigenvalue weighted by Gasteiger charge is 2.45. The molecule has 116 valence electrons. The predicted octanol–water partition coefficient (Wildman–Crippen LogP) is 3.82. The molecule has 3 rings (SSSR count). The van der Waals surface area contributed by atoms with Crippen LogP contribution in [0.4, 0.5) is 14.5 Å². The second-order valence-corrected chi connectivity index (χ2v) is 5.94. The number of aryl methyl sites for hydroxylation is 1. The van der Waals surface area contributed by atoms with Crippen molar-refractivity contribution in [3.63, 3.8) is 0 Å². The van der Waals surface area contributed by atoms with E-state index in [0.29, 0.717) is 11.1 Å². The second-order valence-electron chi connectivity index (χ2n) is 5.94. The van der Waals surface area contributed by atoms with E-state index in [9.17, 15) is 13.6 Å². The van der Waals surface area contributed by atoms with Crippen LogP contribution in [0.15, 0.2) is 30.3 Å². The normalized spacial score (nSPS) is 18.9. The molecule has 0 amide bonds. The van der Waals surface area contributed by atoms with Gasteiger partial charge in [0.05, 0.1) is 11.0 Å². The molecule has 1 unspecified atom stereocenters. The maximum atomic E-state index is 14.4. The van der Waals surface area contributed by atoms with Gasteiger partial charge in [-0.05, 0) is 37.6 Å². The fourth-order valence-electron chi connectivity index (χ4n) is 3.11. The van der Waals surface area contributed by atoms with Crippen LogP contribution in [-0.2, 0) is 5.41 Å². The van der Waals surface area contributed by atoms with E-state index in [1.165, 1.54) is 13.0 Å². The van der Waals surface area contributed by atoms with Gasteiger partial charge in [-0.15, -0.1) is 6.42 Å². The molecule has 2 aromatic rings. The maximum Gasteiger partial charge on any atom is 0.180 e. The van der Waals surface area contributed by atoms with Crippen molar-refractivity contribution < 1.29 is 13.6 Å². The van der Waals surface area contributed by atoms with Gasteiger partial charge in [0.25, 0.3) is 0 Å². The number of hydrogen-bond donors (Lipinski definition) is 1. The Labute approximate surface area is 133 Å². The minimum atomic E-state index is -1.12. The van der Waals surface area contributed by atoms with E-state index in [4.69, 9.17) is 6.42 Å². The molecular formula is C19H15F2NO. The van der Waals surface area contributed by atoms with Crippen LogP contribution in [-0.4, -0.2) is 12.3 Å². The molecule has 0 radical (unpaired) electrons. The van der Waals surface area contributed by atoms with Crippen molar-refractivity contribution in [2.24, 2.45) is 0 Å². The number of rotatable bonds is 2. The number of Topliss-reactive ketones (excluding diaryl/α,β-unsaturated/α-hetero) is 1. The standard InChI is InChI=1S/C19H15F2NO/c1-4-12-6-5-7-14-16(12)19(3,10-22-14)18(23)15-13(20)9-8-11(2)17(15)21/h1,5-9,22H,10H2,2-3H3. The highest BCUT2D eigenvalue weighted by Crippen LogP contribution is 2.41. The van der Waals surface area contributed by atoms with E-state index >= 15 is 0 Å². The molecule has 0 aliphatic carbocycles. The molecule has 0 fully saturated rings. The SMILES string of the molecule is C#Cc1cccc2c1C(C)(C(=O)c1c(F)ccc(C)c1F)CN2. The molecule has 1 aliphatic rings. The summed E-state index contributed by atoms with van der Waals surface area (Å²) in [5.41, 5.74) is 0.506. The van der Waals surface area contributed by atoms with Gasteiger partial charge in [0, 0.05) is 23.4 Å². The lowest BCUT2D eigenvalue weighted by atomic mass is 9.75. The Morgan fingerprint density at radius 2 is 2.04 bits per heavy atom. The summed E-state index contributed by atoms with van der Waals surface area (Å²) < 4.78 is 28.5. The van der Waals surface area contributed by atoms with Crippen LogP contribution in [0.3, 0.4) is 0 Å². The molecule has 0 bridgehead atoms. The van der Waals surface area contributed by atoms with Crippen molar-refractivity contribution in [2.75, 3.05) is 11.9 Å². The first-order chi connectivity index (χ1) is 10.9. The first-order valence-electron chi connectivity index (χ1n) is 7.23. The smallest absolute Gasteiger partial charge is 0.180 e. The van der Waals surface area contributed by atoms with Gasteiger partial charge < -0.3 is 5.32 Å². The summed E-state index contributed by atoms with van der Waals surface area (Å²) in [5, 5.41) is 3.11. The molecule has 2 nitrogen and oxygen atoms in total. The van der Waals surface area contributed by atoms with E-state index in [1.54, 1.807) is 25.1 Å². The third kappa shape index (κ3) is 2.12. The number of carbonyl (C=O) groups is 1. The van der Waals surface area contributed by atoms with Crippen molar-refractivity contribution in [3.8, 4) is 12.3 Å². The summed E-state index contributed by atoms with van der Waals surface area (Å²) >= 11 is 0. The largest absolute Gasteiger partial charge is 0.383 e. The number of fused-ring (bicyclic) bond motifs is 1. The molecule has 1 N–H and O–H groups in total. The van der Waals surface area contributed by atoms with Crippen molar-refractivity contribution in [1.29, 1.82) is 0 Å². The van der Waals surface area contributed by atoms with E-state index < -0.39 is 28.4 Å². The summed E-state index contributed by atoms with van der Waals surface area (Å²) in [5.74, 6) is 0.271. The van der Waals surface area contributed by atoms with Crippen LogP contribution in [0.2, 0.25) is 0 Å². The third-order valence-corrected chi connectivity index (χ3v) is 4.42. The van der Waals surface area contributed by atoms with Gasteiger partial charge in [-0.3, -0.25) is 4.79 Å². The van der Waals surface area contributed by atoms with Crippen LogP contribution in [0.5, 0.6) is 0 Å². The highest BCUT2D eigenvalue weighted by atomic mass is 19.1. The topological polar surface area (TPSA) is 29.1 Å². The average molecular weight is 311 g/mol. The monoisotopic (exact) mass is 311 g/mol. The minimum Gasteiger partial charge on any atom is -0.383 e. The van der Waals surface area contributed by atoms with Crippen molar-refractivity contribution in [3.05, 3.63) is 64.2 Å². The summed E-state index contributed by atoms with van der Waals surface area (Å²) in [6.45, 7) is 3.41. The van der Waals surface area contributed by atoms with Gasteiger partial charge >= 0.3 is 0 Å². The summed E-state index contributed by atoms with van der Waals surface area (Å²) in [7, 11) is 0. The fourth-order valence-corrected chi connectivity index (χ4v) is 3.11. The van der Waals surface area contributed by atoms with Gasteiger partial charge in [0.15, 0.2) is 5.78 Å². The maximum absolute atomic E-state index is 14.4. The summed E-state index contributed by atoms with van der Waals surface area (Å²) in [4.78, 5) is 13.0. The Morgan fingerprint density at radius 3 is 2.74 bits per heavy atom. The predicted molar refractivity (Wildman–Crippen MR) is 85.6 cm³/mol. The molecule has 1 heterocycles. The van der Waals surface area contributed by atoms with Gasteiger partial charge in [0.1, 0.15) is 11.6 Å². The molecule has 0 aromatic heterocycles. The molecule has 23 heavy (non-hydrogen) atoms. The number of hydrogen-bond acceptors (Lipinski definition) is 2. The number of anilines is 1. The number of carbonyl (C=O) groups excluding carboxylic acids is 1. The number of benzene rings is 2. The molecule has 1 atom stereocenters. The number of terminal acetylenes is 1. The van der Waals surface area contributed by atoms with E-state index in [2.05, 4.69) is 11.2 Å². The summed E-state index contributed by atoms with van der Waals surface area (Å²) in [6, 6.07) is 7.74. The Kier molecular flexibility index (Phi) is 3.45. The lowest BCUT2D eigenvalue weighted by Crippen LogP contribution is -2.36. The molecule has 1 aliphatic heterocycles. The second kappa shape index (κ2) is 5.20. The first-order valence-corrected chi connectivity index (χ1v) is 7.23. The minimum absolute atomic E-state index is 0.231. The third-order valence-electron chi connectivity index (χ3n) is 4.42. The van der Waals surface area contributed by atoms with Crippen LogP contribution < -0.4 is 5.32 Å². The molecular weight excluding hydrogens is 296 g/mol. The number of halogens is 2. The molecule has 0 saturated carbocycles. The van der Waals surface area contributed by atoms with Crippen LogP contribution in [0.1, 0.15) is 34.0 Å². The lowest BCUT2D eigenvalue weighted by molar-refractivity contribution is 0.0900. The van der Waals surface area contributed by atoms with Crippen molar-refractivity contribution >= 4 is 11.5 Å². The Morgan fingerprint density at radius 1 is 1.30 bits per heavy atom. The highest BCUT2D eigenvalue weighted by molar-refractivity contribution is 6.07. The van der Waals surface area contributed by atoms with Crippen LogP contribution >= 0.6 is 0 Å². The fraction of sp³-hybridized carbons (Fsp3) is 0.211. The Balaban J connectivity index is 2.21. The van der Waals surface area contributed by atoms with Gasteiger partial charge in [0.2, 0.25) is 0 Å². The van der Waals surface area contributed by atoms with Crippen molar-refractivity contribution in [1.82, 2.24) is 0 Å². The Bertz CT molecular complexity index is 866. The van der Waals surface area contributed by atoms with Gasteiger partial charge in [-0.25, -0.2) is 8.78 Å². The van der Waals surface area contributed by atoms with Crippen LogP contribution in [0, 0.1) is 30.9 Å². The zero-order valence-electron chi connectivity index (χ0n) is 12.8. The van der Waals surface area contributed by atoms with E-state index in [-0.39, 0.29) is 12.1 Å². The molecule has 0 spiro atoms.